The zero-order chi connectivity index (χ0) is 14.4. The van der Waals surface area contributed by atoms with E-state index in [4.69, 9.17) is 9.47 Å². The van der Waals surface area contributed by atoms with Gasteiger partial charge in [0.05, 0.1) is 6.61 Å². The van der Waals surface area contributed by atoms with Crippen molar-refractivity contribution in [1.29, 1.82) is 0 Å². The lowest BCUT2D eigenvalue weighted by Gasteiger charge is -2.31. The first-order valence-corrected chi connectivity index (χ1v) is 7.14. The van der Waals surface area contributed by atoms with E-state index in [1.54, 1.807) is 0 Å². The predicted octanol–water partition coefficient (Wildman–Crippen LogP) is 0.481. The second kappa shape index (κ2) is 6.85. The van der Waals surface area contributed by atoms with Crippen LogP contribution in [0.5, 0.6) is 0 Å². The predicted molar refractivity (Wildman–Crippen MR) is 72.9 cm³/mol. The van der Waals surface area contributed by atoms with Crippen LogP contribution in [0.25, 0.3) is 0 Å². The van der Waals surface area contributed by atoms with E-state index in [1.807, 2.05) is 0 Å². The molecule has 2 N–H and O–H groups in total. The highest BCUT2D eigenvalue weighted by molar-refractivity contribution is 6.35. The molecule has 1 saturated carbocycles. The third kappa shape index (κ3) is 3.80. The van der Waals surface area contributed by atoms with Gasteiger partial charge in [-0.15, -0.1) is 6.58 Å². The van der Waals surface area contributed by atoms with Crippen molar-refractivity contribution in [3.63, 3.8) is 0 Å². The van der Waals surface area contributed by atoms with Crippen LogP contribution in [0.15, 0.2) is 12.7 Å². The third-order valence-corrected chi connectivity index (χ3v) is 3.63. The number of nitrogens with one attached hydrogen (secondary N) is 2. The number of hydrogen-bond acceptors (Lipinski definition) is 4. The molecule has 0 unspecified atom stereocenters. The molecule has 112 valence electrons. The molecule has 0 bridgehead atoms. The normalized spacial score (nSPS) is 24.3. The summed E-state index contributed by atoms with van der Waals surface area (Å²) in [7, 11) is 0. The van der Waals surface area contributed by atoms with Crippen molar-refractivity contribution in [2.24, 2.45) is 0 Å². The van der Waals surface area contributed by atoms with E-state index in [0.717, 1.165) is 25.7 Å². The molecule has 1 aliphatic heterocycles. The third-order valence-electron chi connectivity index (χ3n) is 3.63. The van der Waals surface area contributed by atoms with E-state index in [1.165, 1.54) is 12.5 Å². The topological polar surface area (TPSA) is 76.7 Å². The molecule has 0 aromatic rings. The van der Waals surface area contributed by atoms with Crippen LogP contribution in [-0.4, -0.2) is 43.4 Å². The quantitative estimate of drug-likeness (QED) is 0.581. The number of rotatable bonds is 4. The van der Waals surface area contributed by atoms with Gasteiger partial charge in [0.2, 0.25) is 0 Å². The molecule has 2 fully saturated rings. The Kier molecular flexibility index (Phi) is 5.14. The maximum absolute atomic E-state index is 11.5. The van der Waals surface area contributed by atoms with Crippen LogP contribution in [0.1, 0.15) is 32.1 Å². The first-order chi connectivity index (χ1) is 9.65. The summed E-state index contributed by atoms with van der Waals surface area (Å²) in [6.45, 7) is 4.50. The summed E-state index contributed by atoms with van der Waals surface area (Å²) < 4.78 is 11.7. The summed E-state index contributed by atoms with van der Waals surface area (Å²) in [5.74, 6) is -1.75. The fourth-order valence-corrected chi connectivity index (χ4v) is 2.60. The van der Waals surface area contributed by atoms with Crippen LogP contribution in [0.2, 0.25) is 0 Å². The lowest BCUT2D eigenvalue weighted by Crippen LogP contribution is -2.43. The first-order valence-electron chi connectivity index (χ1n) is 7.14. The van der Waals surface area contributed by atoms with Gasteiger partial charge in [-0.25, -0.2) is 0 Å². The summed E-state index contributed by atoms with van der Waals surface area (Å²) in [5, 5.41) is 4.99. The molecule has 2 aliphatic rings. The maximum Gasteiger partial charge on any atom is 0.309 e. The molecule has 1 atom stereocenters. The Morgan fingerprint density at radius 3 is 2.60 bits per heavy atom. The van der Waals surface area contributed by atoms with Crippen LogP contribution in [0.4, 0.5) is 0 Å². The van der Waals surface area contributed by atoms with Gasteiger partial charge in [-0.1, -0.05) is 12.5 Å². The minimum atomic E-state index is -0.656. The van der Waals surface area contributed by atoms with E-state index in [-0.39, 0.29) is 12.6 Å². The molecule has 2 amide bonds. The molecule has 1 aliphatic carbocycles. The largest absolute Gasteiger partial charge is 0.347 e. The Hall–Kier alpha value is -1.40. The van der Waals surface area contributed by atoms with E-state index in [2.05, 4.69) is 17.2 Å². The number of hydrogen-bond donors (Lipinski definition) is 2. The van der Waals surface area contributed by atoms with Crippen LogP contribution >= 0.6 is 0 Å². The van der Waals surface area contributed by atoms with Gasteiger partial charge in [-0.2, -0.15) is 0 Å². The zero-order valence-electron chi connectivity index (χ0n) is 11.7. The molecule has 1 saturated heterocycles. The average molecular weight is 282 g/mol. The highest BCUT2D eigenvalue weighted by Gasteiger charge is 2.42. The summed E-state index contributed by atoms with van der Waals surface area (Å²) in [6.07, 6.45) is 6.62. The van der Waals surface area contributed by atoms with E-state index in [9.17, 15) is 9.59 Å². The molecular weight excluding hydrogens is 260 g/mol. The Labute approximate surface area is 118 Å². The van der Waals surface area contributed by atoms with Gasteiger partial charge in [-0.3, -0.25) is 9.59 Å². The monoisotopic (exact) mass is 282 g/mol. The Bertz CT molecular complexity index is 377. The van der Waals surface area contributed by atoms with Crippen LogP contribution < -0.4 is 10.6 Å². The summed E-state index contributed by atoms with van der Waals surface area (Å²) in [4.78, 5) is 22.9. The lowest BCUT2D eigenvalue weighted by atomic mass is 9.94. The molecule has 6 nitrogen and oxygen atoms in total. The van der Waals surface area contributed by atoms with Crippen molar-refractivity contribution in [1.82, 2.24) is 10.6 Å². The number of amides is 2. The summed E-state index contributed by atoms with van der Waals surface area (Å²) >= 11 is 0. The zero-order valence-corrected chi connectivity index (χ0v) is 11.7. The number of carbonyl (C=O) groups is 2. The van der Waals surface area contributed by atoms with Crippen LogP contribution in [0, 0.1) is 0 Å². The number of ether oxygens (including phenoxy) is 2. The minimum absolute atomic E-state index is 0.177. The van der Waals surface area contributed by atoms with E-state index in [0.29, 0.717) is 13.2 Å². The molecule has 1 heterocycles. The Morgan fingerprint density at radius 1 is 1.20 bits per heavy atom. The van der Waals surface area contributed by atoms with Crippen molar-refractivity contribution >= 4 is 11.8 Å². The van der Waals surface area contributed by atoms with Crippen molar-refractivity contribution in [2.45, 2.75) is 44.0 Å². The molecule has 0 radical (unpaired) electrons. The van der Waals surface area contributed by atoms with Gasteiger partial charge < -0.3 is 20.1 Å². The van der Waals surface area contributed by atoms with Crippen LogP contribution in [0.3, 0.4) is 0 Å². The SMILES string of the molecule is C=CCNC(=O)C(=O)NC[C@H]1COC2(CCCCC2)O1. The van der Waals surface area contributed by atoms with Gasteiger partial charge in [-0.05, 0) is 12.8 Å². The highest BCUT2D eigenvalue weighted by Crippen LogP contribution is 2.37. The van der Waals surface area contributed by atoms with E-state index >= 15 is 0 Å². The van der Waals surface area contributed by atoms with Crippen molar-refractivity contribution < 1.29 is 19.1 Å². The smallest absolute Gasteiger partial charge is 0.309 e. The molecule has 2 rings (SSSR count). The fraction of sp³-hybridized carbons (Fsp3) is 0.714. The standard InChI is InChI=1S/C14H22N2O4/c1-2-8-15-12(17)13(18)16-9-11-10-19-14(20-11)6-4-3-5-7-14/h2,11H,1,3-10H2,(H,15,17)(H,16,18)/t11-/m0/s1. The average Bonchev–Trinajstić information content (AvgIpc) is 2.85. The van der Waals surface area contributed by atoms with Gasteiger partial charge >= 0.3 is 11.8 Å². The van der Waals surface area contributed by atoms with Gasteiger partial charge in [0, 0.05) is 25.9 Å². The molecule has 0 aromatic heterocycles. The highest BCUT2D eigenvalue weighted by atomic mass is 16.7. The fourth-order valence-electron chi connectivity index (χ4n) is 2.60. The van der Waals surface area contributed by atoms with Gasteiger partial charge in [0.15, 0.2) is 5.79 Å². The van der Waals surface area contributed by atoms with Crippen molar-refractivity contribution in [2.75, 3.05) is 19.7 Å². The molecule has 0 aromatic carbocycles. The Morgan fingerprint density at radius 2 is 1.90 bits per heavy atom. The van der Waals surface area contributed by atoms with Crippen molar-refractivity contribution in [3.05, 3.63) is 12.7 Å². The molecule has 6 heteroatoms. The molecule has 20 heavy (non-hydrogen) atoms. The van der Waals surface area contributed by atoms with Crippen LogP contribution in [-0.2, 0) is 19.1 Å². The summed E-state index contributed by atoms with van der Waals surface area (Å²) in [5.41, 5.74) is 0. The minimum Gasteiger partial charge on any atom is -0.347 e. The van der Waals surface area contributed by atoms with Crippen molar-refractivity contribution in [3.8, 4) is 0 Å². The van der Waals surface area contributed by atoms with Gasteiger partial charge in [0.1, 0.15) is 6.10 Å². The van der Waals surface area contributed by atoms with E-state index < -0.39 is 17.6 Å². The Balaban J connectivity index is 1.71. The lowest BCUT2D eigenvalue weighted by molar-refractivity contribution is -0.186. The molecule has 1 spiro atoms. The maximum atomic E-state index is 11.5. The van der Waals surface area contributed by atoms with Gasteiger partial charge in [0.25, 0.3) is 0 Å². The molecular formula is C14H22N2O4. The summed E-state index contributed by atoms with van der Waals surface area (Å²) in [6, 6.07) is 0. The number of carbonyl (C=O) groups excluding carboxylic acids is 2. The second-order valence-corrected chi connectivity index (χ2v) is 5.23. The first kappa shape index (κ1) is 15.0. The second-order valence-electron chi connectivity index (χ2n) is 5.23.